The van der Waals surface area contributed by atoms with Gasteiger partial charge in [-0.15, -0.1) is 0 Å². The molecule has 0 aromatic rings. The molecule has 17 nitrogen and oxygen atoms in total. The van der Waals surface area contributed by atoms with Crippen LogP contribution < -0.4 is 0 Å². The van der Waals surface area contributed by atoms with Crippen molar-refractivity contribution in [2.75, 3.05) is 7.11 Å². The van der Waals surface area contributed by atoms with Gasteiger partial charge in [-0.2, -0.15) is 0 Å². The van der Waals surface area contributed by atoms with Crippen LogP contribution in [0.2, 0.25) is 0 Å². The molecule has 3 saturated heterocycles. The second-order valence-electron chi connectivity index (χ2n) is 19.9. The summed E-state index contributed by atoms with van der Waals surface area (Å²) in [7, 11) is 1.25. The van der Waals surface area contributed by atoms with Gasteiger partial charge in [0, 0.05) is 55.2 Å². The molecule has 0 radical (unpaired) electrons. The maximum absolute atomic E-state index is 13.5. The van der Waals surface area contributed by atoms with E-state index < -0.39 is 125 Å². The number of unbranched alkanes of at least 4 members (excludes halogenated alkanes) is 1. The molecule has 0 saturated carbocycles. The highest BCUT2D eigenvalue weighted by Gasteiger charge is 2.63. The van der Waals surface area contributed by atoms with Crippen LogP contribution in [0.4, 0.5) is 0 Å². The Morgan fingerprint density at radius 1 is 0.968 bits per heavy atom. The van der Waals surface area contributed by atoms with E-state index in [-0.39, 0.29) is 50.5 Å². The van der Waals surface area contributed by atoms with Crippen LogP contribution in [-0.4, -0.2) is 130 Å². The van der Waals surface area contributed by atoms with Crippen LogP contribution in [-0.2, 0) is 61.9 Å². The lowest BCUT2D eigenvalue weighted by molar-refractivity contribution is -0.349. The summed E-state index contributed by atoms with van der Waals surface area (Å²) in [5.74, 6) is -7.97. The van der Waals surface area contributed by atoms with Crippen LogP contribution in [0.5, 0.6) is 0 Å². The molecule has 0 unspecified atom stereocenters. The van der Waals surface area contributed by atoms with E-state index in [1.807, 2.05) is 6.92 Å². The Hall–Kier alpha value is -3.71. The average Bonchev–Trinajstić information content (AvgIpc) is 3.56. The topological polar surface area (TPSA) is 240 Å². The van der Waals surface area contributed by atoms with Crippen LogP contribution in [0.25, 0.3) is 0 Å². The third-order valence-corrected chi connectivity index (χ3v) is 12.9. The lowest BCUT2D eigenvalue weighted by Crippen LogP contribution is -2.65. The van der Waals surface area contributed by atoms with Crippen LogP contribution in [0, 0.1) is 16.2 Å². The van der Waals surface area contributed by atoms with Crippen molar-refractivity contribution in [3.05, 3.63) is 35.5 Å². The number of methoxy groups -OCH3 is 1. The molecule has 5 heterocycles. The standard InChI is InChI=1S/C46H68O17/c1-11-12-13-35(49)61-40-31-22-38(52)60-39(31)33-23-32(25(2)47)58-37(51)20-27(48)19-29-21-34(59-41(53)42(3,4)5)44(8,9)45(54,62-29)24-30-17-26(18-36(50)56-10)16-28(57-30)14-15-43(6,7)46(40,55)63-33/h14-15,18,22,25,27-30,32-34,39-40,47-48,54-55H,11-13,16-17,19-21,23-24H2,1-10H3/b15-14+,26-18+/t25-,27+,28-,29+,30-,32+,33+,34-,39-,40-,45-,46+/m0/s1. The number of cyclic esters (lactones) is 1. The van der Waals surface area contributed by atoms with Crippen molar-refractivity contribution in [2.24, 2.45) is 16.2 Å². The van der Waals surface area contributed by atoms with E-state index >= 15 is 0 Å². The highest BCUT2D eigenvalue weighted by atomic mass is 16.7. The zero-order chi connectivity index (χ0) is 46.9. The number of esters is 5. The number of aliphatic hydroxyl groups excluding tert-OH is 2. The van der Waals surface area contributed by atoms with Crippen molar-refractivity contribution in [1.29, 1.82) is 0 Å². The van der Waals surface area contributed by atoms with Gasteiger partial charge in [0.25, 0.3) is 0 Å². The quantitative estimate of drug-likeness (QED) is 0.122. The fraction of sp³-hybridized carbons (Fsp3) is 0.761. The Bertz CT molecular complexity index is 1810. The summed E-state index contributed by atoms with van der Waals surface area (Å²) in [6.45, 7) is 15.0. The van der Waals surface area contributed by atoms with E-state index in [1.54, 1.807) is 60.6 Å². The van der Waals surface area contributed by atoms with Gasteiger partial charge in [-0.25, -0.2) is 9.59 Å². The molecule has 5 rings (SSSR count). The maximum atomic E-state index is 13.5. The van der Waals surface area contributed by atoms with E-state index in [0.717, 1.165) is 6.08 Å². The van der Waals surface area contributed by atoms with Gasteiger partial charge in [-0.3, -0.25) is 14.4 Å². The van der Waals surface area contributed by atoms with Crippen LogP contribution in [0.3, 0.4) is 0 Å². The molecule has 0 spiro atoms. The SMILES string of the molecule is CCCCC(=O)O[C@H]1C2=CC(=O)O[C@@H]2[C@H]2C[C@H]([C@H](C)O)OC(=O)C[C@H](O)C[C@@H]3C[C@H](OC(=O)C(C)(C)C)C(C)(C)[C@](O)(C[C@@H]4C/C(=C/C(=O)OC)C[C@H](/C=C/C(C)(C)[C@]1(O)O2)O4)O3. The summed E-state index contributed by atoms with van der Waals surface area (Å²) >= 11 is 0. The zero-order valence-corrected chi connectivity index (χ0v) is 38.3. The Morgan fingerprint density at radius 3 is 2.30 bits per heavy atom. The Labute approximate surface area is 369 Å². The largest absolute Gasteiger partial charge is 0.466 e. The van der Waals surface area contributed by atoms with Gasteiger partial charge in [0.15, 0.2) is 18.0 Å². The van der Waals surface area contributed by atoms with E-state index in [2.05, 4.69) is 0 Å². The molecule has 6 bridgehead atoms. The number of carbonyl (C=O) groups excluding carboxylic acids is 5. The highest BCUT2D eigenvalue weighted by Crippen LogP contribution is 2.51. The predicted octanol–water partition coefficient (Wildman–Crippen LogP) is 3.95. The van der Waals surface area contributed by atoms with Crippen molar-refractivity contribution in [3.8, 4) is 0 Å². The first kappa shape index (κ1) is 50.3. The van der Waals surface area contributed by atoms with Crippen molar-refractivity contribution < 1.29 is 82.3 Å². The molecule has 0 aromatic carbocycles. The number of hydrogen-bond donors (Lipinski definition) is 4. The normalized spacial score (nSPS) is 37.5. The molecule has 12 atom stereocenters. The minimum atomic E-state index is -2.42. The molecule has 354 valence electrons. The van der Waals surface area contributed by atoms with E-state index in [1.165, 1.54) is 20.1 Å². The zero-order valence-electron chi connectivity index (χ0n) is 38.3. The molecule has 63 heavy (non-hydrogen) atoms. The maximum Gasteiger partial charge on any atom is 0.331 e. The average molecular weight is 893 g/mol. The summed E-state index contributed by atoms with van der Waals surface area (Å²) in [4.78, 5) is 65.6. The first-order chi connectivity index (χ1) is 29.2. The number of aliphatic hydroxyl groups is 4. The smallest absolute Gasteiger partial charge is 0.331 e. The molecule has 5 aliphatic rings. The lowest BCUT2D eigenvalue weighted by atomic mass is 9.70. The molecular formula is C46H68O17. The van der Waals surface area contributed by atoms with Crippen molar-refractivity contribution in [1.82, 2.24) is 0 Å². The molecule has 3 fully saturated rings. The van der Waals surface area contributed by atoms with E-state index in [9.17, 15) is 44.4 Å². The summed E-state index contributed by atoms with van der Waals surface area (Å²) in [6.07, 6.45) is -5.43. The van der Waals surface area contributed by atoms with E-state index in [4.69, 9.17) is 37.9 Å². The van der Waals surface area contributed by atoms with Crippen LogP contribution in [0.15, 0.2) is 35.5 Å². The molecule has 0 aromatic heterocycles. The molecule has 4 N–H and O–H groups in total. The third-order valence-electron chi connectivity index (χ3n) is 12.9. The van der Waals surface area contributed by atoms with Crippen molar-refractivity contribution in [3.63, 3.8) is 0 Å². The summed E-state index contributed by atoms with van der Waals surface area (Å²) < 4.78 is 47.9. The van der Waals surface area contributed by atoms with Crippen LogP contribution in [0.1, 0.15) is 127 Å². The molecular weight excluding hydrogens is 824 g/mol. The minimum Gasteiger partial charge on any atom is -0.466 e. The number of carbonyl (C=O) groups is 5. The van der Waals surface area contributed by atoms with Crippen molar-refractivity contribution in [2.45, 2.75) is 199 Å². The lowest BCUT2D eigenvalue weighted by Gasteiger charge is -2.54. The Morgan fingerprint density at radius 2 is 1.67 bits per heavy atom. The molecule has 0 amide bonds. The van der Waals surface area contributed by atoms with Crippen LogP contribution >= 0.6 is 0 Å². The fourth-order valence-electron chi connectivity index (χ4n) is 8.78. The monoisotopic (exact) mass is 892 g/mol. The molecule has 17 heteroatoms. The second kappa shape index (κ2) is 19.4. The molecule has 5 aliphatic heterocycles. The molecule has 0 aliphatic carbocycles. The Balaban J connectivity index is 1.63. The van der Waals surface area contributed by atoms with Gasteiger partial charge in [0.1, 0.15) is 18.3 Å². The first-order valence-electron chi connectivity index (χ1n) is 22.0. The first-order valence-corrected chi connectivity index (χ1v) is 22.0. The van der Waals surface area contributed by atoms with Gasteiger partial charge in [-0.05, 0) is 47.0 Å². The van der Waals surface area contributed by atoms with Gasteiger partial charge >= 0.3 is 29.8 Å². The number of fused-ring (bicyclic) bond motifs is 8. The summed E-state index contributed by atoms with van der Waals surface area (Å²) in [6, 6.07) is 0. The summed E-state index contributed by atoms with van der Waals surface area (Å²) in [5.41, 5.74) is -2.92. The number of ether oxygens (including phenoxy) is 8. The van der Waals surface area contributed by atoms with E-state index in [0.29, 0.717) is 18.4 Å². The predicted molar refractivity (Wildman–Crippen MR) is 222 cm³/mol. The third kappa shape index (κ3) is 11.4. The van der Waals surface area contributed by atoms with Gasteiger partial charge < -0.3 is 58.3 Å². The van der Waals surface area contributed by atoms with Crippen molar-refractivity contribution >= 4 is 29.8 Å². The van der Waals surface area contributed by atoms with Gasteiger partial charge in [0.05, 0.1) is 54.9 Å². The Kier molecular flexibility index (Phi) is 15.5. The number of rotatable bonds is 7. The minimum absolute atomic E-state index is 0.0153. The second-order valence-corrected chi connectivity index (χ2v) is 19.9. The highest BCUT2D eigenvalue weighted by molar-refractivity contribution is 5.87. The van der Waals surface area contributed by atoms with Gasteiger partial charge in [-0.1, -0.05) is 58.8 Å². The fourth-order valence-corrected chi connectivity index (χ4v) is 8.78. The number of hydrogen-bond acceptors (Lipinski definition) is 17. The summed E-state index contributed by atoms with van der Waals surface area (Å²) in [5, 5.41) is 47.8. The van der Waals surface area contributed by atoms with Gasteiger partial charge in [0.2, 0.25) is 5.79 Å².